The molecule has 0 aromatic heterocycles. The number of nitrogens with zero attached hydrogens (tertiary/aromatic N) is 1. The molecule has 1 aliphatic rings. The molecule has 3 nitrogen and oxygen atoms in total. The van der Waals surface area contributed by atoms with E-state index in [9.17, 15) is 4.79 Å². The molecule has 0 bridgehead atoms. The Kier molecular flexibility index (Phi) is 5.40. The first-order valence-electron chi connectivity index (χ1n) is 8.06. The van der Waals surface area contributed by atoms with Gasteiger partial charge in [-0.1, -0.05) is 38.1 Å². The molecule has 2 rings (SSSR count). The first kappa shape index (κ1) is 16.0. The highest BCUT2D eigenvalue weighted by molar-refractivity contribution is 5.78. The average molecular weight is 288 g/mol. The molecule has 1 aliphatic carbocycles. The Hall–Kier alpha value is -1.35. The summed E-state index contributed by atoms with van der Waals surface area (Å²) >= 11 is 0. The Morgan fingerprint density at radius 3 is 2.29 bits per heavy atom. The fraction of sp³-hybridized carbons (Fsp3) is 0.611. The lowest BCUT2D eigenvalue weighted by Crippen LogP contribution is -2.37. The Bertz CT molecular complexity index is 459. The van der Waals surface area contributed by atoms with Crippen LogP contribution in [0.25, 0.3) is 0 Å². The minimum Gasteiger partial charge on any atom is -0.341 e. The van der Waals surface area contributed by atoms with Gasteiger partial charge in [0.2, 0.25) is 5.91 Å². The SMILES string of the molecule is CC(C)c1ccc(CN(C)C(=O)C2CCC(N)CC2)cc1. The fourth-order valence-electron chi connectivity index (χ4n) is 3.04. The van der Waals surface area contributed by atoms with Gasteiger partial charge in [-0.3, -0.25) is 4.79 Å². The summed E-state index contributed by atoms with van der Waals surface area (Å²) in [6.45, 7) is 5.08. The highest BCUT2D eigenvalue weighted by Crippen LogP contribution is 2.25. The van der Waals surface area contributed by atoms with Crippen molar-refractivity contribution in [3.05, 3.63) is 35.4 Å². The molecule has 0 saturated heterocycles. The lowest BCUT2D eigenvalue weighted by molar-refractivity contribution is -0.135. The zero-order valence-electron chi connectivity index (χ0n) is 13.5. The van der Waals surface area contributed by atoms with E-state index in [0.29, 0.717) is 18.5 Å². The normalized spacial score (nSPS) is 22.3. The Labute approximate surface area is 128 Å². The van der Waals surface area contributed by atoms with Crippen molar-refractivity contribution in [3.8, 4) is 0 Å². The van der Waals surface area contributed by atoms with Gasteiger partial charge in [0, 0.05) is 25.6 Å². The maximum Gasteiger partial charge on any atom is 0.225 e. The number of carbonyl (C=O) groups excluding carboxylic acids is 1. The van der Waals surface area contributed by atoms with Crippen LogP contribution in [0.4, 0.5) is 0 Å². The fourth-order valence-corrected chi connectivity index (χ4v) is 3.04. The smallest absolute Gasteiger partial charge is 0.225 e. The molecule has 1 fully saturated rings. The second-order valence-corrected chi connectivity index (χ2v) is 6.70. The zero-order valence-corrected chi connectivity index (χ0v) is 13.5. The molecule has 2 N–H and O–H groups in total. The van der Waals surface area contributed by atoms with Crippen LogP contribution in [-0.4, -0.2) is 23.9 Å². The van der Waals surface area contributed by atoms with E-state index in [-0.39, 0.29) is 11.8 Å². The van der Waals surface area contributed by atoms with Gasteiger partial charge in [-0.25, -0.2) is 0 Å². The topological polar surface area (TPSA) is 46.3 Å². The molecule has 0 heterocycles. The van der Waals surface area contributed by atoms with E-state index in [1.54, 1.807) is 0 Å². The van der Waals surface area contributed by atoms with Crippen LogP contribution < -0.4 is 5.73 Å². The summed E-state index contributed by atoms with van der Waals surface area (Å²) in [4.78, 5) is 14.3. The van der Waals surface area contributed by atoms with Crippen LogP contribution in [0.5, 0.6) is 0 Å². The Balaban J connectivity index is 1.91. The second kappa shape index (κ2) is 7.08. The highest BCUT2D eigenvalue weighted by atomic mass is 16.2. The lowest BCUT2D eigenvalue weighted by Gasteiger charge is -2.29. The van der Waals surface area contributed by atoms with Crippen LogP contribution in [0.15, 0.2) is 24.3 Å². The molecule has 1 aromatic carbocycles. The molecule has 0 unspecified atom stereocenters. The maximum atomic E-state index is 12.5. The second-order valence-electron chi connectivity index (χ2n) is 6.70. The molecule has 21 heavy (non-hydrogen) atoms. The van der Waals surface area contributed by atoms with E-state index in [0.717, 1.165) is 25.7 Å². The van der Waals surface area contributed by atoms with Crippen molar-refractivity contribution in [1.82, 2.24) is 4.90 Å². The lowest BCUT2D eigenvalue weighted by atomic mass is 9.85. The van der Waals surface area contributed by atoms with Crippen molar-refractivity contribution >= 4 is 5.91 Å². The van der Waals surface area contributed by atoms with Gasteiger partial charge in [0.15, 0.2) is 0 Å². The first-order valence-corrected chi connectivity index (χ1v) is 8.06. The standard InChI is InChI=1S/C18H28N2O/c1-13(2)15-6-4-14(5-7-15)12-20(3)18(21)16-8-10-17(19)11-9-16/h4-7,13,16-17H,8-12,19H2,1-3H3. The zero-order chi connectivity index (χ0) is 15.4. The number of carbonyl (C=O) groups is 1. The van der Waals surface area contributed by atoms with Crippen molar-refractivity contribution in [2.24, 2.45) is 11.7 Å². The van der Waals surface area contributed by atoms with Crippen molar-refractivity contribution in [2.75, 3.05) is 7.05 Å². The minimum absolute atomic E-state index is 0.171. The van der Waals surface area contributed by atoms with E-state index in [2.05, 4.69) is 38.1 Å². The molecular formula is C18H28N2O. The summed E-state index contributed by atoms with van der Waals surface area (Å²) in [6, 6.07) is 8.89. The number of hydrogen-bond donors (Lipinski definition) is 1. The third kappa shape index (κ3) is 4.31. The third-order valence-corrected chi connectivity index (χ3v) is 4.56. The van der Waals surface area contributed by atoms with Crippen LogP contribution in [-0.2, 0) is 11.3 Å². The first-order chi connectivity index (χ1) is 9.97. The van der Waals surface area contributed by atoms with Gasteiger partial charge in [0.1, 0.15) is 0 Å². The monoisotopic (exact) mass is 288 g/mol. The maximum absolute atomic E-state index is 12.5. The number of rotatable bonds is 4. The van der Waals surface area contributed by atoms with Crippen LogP contribution in [0, 0.1) is 5.92 Å². The molecule has 0 atom stereocenters. The van der Waals surface area contributed by atoms with Crippen LogP contribution in [0.2, 0.25) is 0 Å². The molecule has 116 valence electrons. The summed E-state index contributed by atoms with van der Waals surface area (Å²) in [5, 5.41) is 0. The van der Waals surface area contributed by atoms with Gasteiger partial charge < -0.3 is 10.6 Å². The van der Waals surface area contributed by atoms with Crippen molar-refractivity contribution in [1.29, 1.82) is 0 Å². The predicted molar refractivity (Wildman–Crippen MR) is 86.9 cm³/mol. The molecule has 0 radical (unpaired) electrons. The predicted octanol–water partition coefficient (Wildman–Crippen LogP) is 3.29. The average Bonchev–Trinajstić information content (AvgIpc) is 2.47. The minimum atomic E-state index is 0.171. The number of hydrogen-bond acceptors (Lipinski definition) is 2. The molecule has 1 amide bonds. The van der Waals surface area contributed by atoms with E-state index in [4.69, 9.17) is 5.73 Å². The Morgan fingerprint density at radius 2 is 1.76 bits per heavy atom. The molecule has 0 spiro atoms. The quantitative estimate of drug-likeness (QED) is 0.924. The molecule has 0 aliphatic heterocycles. The van der Waals surface area contributed by atoms with Crippen LogP contribution in [0.3, 0.4) is 0 Å². The highest BCUT2D eigenvalue weighted by Gasteiger charge is 2.26. The summed E-state index contributed by atoms with van der Waals surface area (Å²) in [6.07, 6.45) is 3.84. The Morgan fingerprint density at radius 1 is 1.19 bits per heavy atom. The largest absolute Gasteiger partial charge is 0.341 e. The summed E-state index contributed by atoms with van der Waals surface area (Å²) in [5.74, 6) is 0.990. The van der Waals surface area contributed by atoms with Crippen molar-refractivity contribution in [2.45, 2.75) is 58.0 Å². The van der Waals surface area contributed by atoms with E-state index >= 15 is 0 Å². The number of nitrogens with two attached hydrogens (primary N) is 1. The number of amides is 1. The molecule has 1 saturated carbocycles. The molecule has 3 heteroatoms. The summed E-state index contributed by atoms with van der Waals surface area (Å²) < 4.78 is 0. The van der Waals surface area contributed by atoms with Gasteiger partial charge in [-0.15, -0.1) is 0 Å². The molecular weight excluding hydrogens is 260 g/mol. The van der Waals surface area contributed by atoms with Gasteiger partial charge in [0.05, 0.1) is 0 Å². The van der Waals surface area contributed by atoms with E-state index in [1.165, 1.54) is 11.1 Å². The van der Waals surface area contributed by atoms with Crippen molar-refractivity contribution < 1.29 is 4.79 Å². The van der Waals surface area contributed by atoms with Crippen LogP contribution in [0.1, 0.15) is 56.6 Å². The van der Waals surface area contributed by atoms with E-state index in [1.807, 2.05) is 11.9 Å². The van der Waals surface area contributed by atoms with Gasteiger partial charge >= 0.3 is 0 Å². The van der Waals surface area contributed by atoms with Gasteiger partial charge in [-0.2, -0.15) is 0 Å². The van der Waals surface area contributed by atoms with Gasteiger partial charge in [0.25, 0.3) is 0 Å². The summed E-state index contributed by atoms with van der Waals surface area (Å²) in [5.41, 5.74) is 8.45. The van der Waals surface area contributed by atoms with Crippen molar-refractivity contribution in [3.63, 3.8) is 0 Å². The summed E-state index contributed by atoms with van der Waals surface area (Å²) in [7, 11) is 1.91. The molecule has 1 aromatic rings. The van der Waals surface area contributed by atoms with Crippen LogP contribution >= 0.6 is 0 Å². The third-order valence-electron chi connectivity index (χ3n) is 4.56. The van der Waals surface area contributed by atoms with E-state index < -0.39 is 0 Å². The number of benzene rings is 1. The van der Waals surface area contributed by atoms with Gasteiger partial charge in [-0.05, 0) is 42.7 Å².